The standard InChI is InChI=1S/C20H26N2O2S/c1-2-6-18(23)21-13-11-20(12-14-21)22(15-16-25-20)19(24)10-9-17-7-4-3-5-8-17/h3-5,7-10H,2,6,11-16H2,1H3/b10-9+. The van der Waals surface area contributed by atoms with E-state index in [0.29, 0.717) is 6.42 Å². The molecule has 0 atom stereocenters. The SMILES string of the molecule is CCCC(=O)N1CCC2(CC1)SCCN2C(=O)/C=C/c1ccccc1. The quantitative estimate of drug-likeness (QED) is 0.775. The molecule has 2 aliphatic heterocycles. The first-order valence-electron chi connectivity index (χ1n) is 9.11. The molecule has 2 heterocycles. The van der Waals surface area contributed by atoms with Gasteiger partial charge in [-0.3, -0.25) is 9.59 Å². The fourth-order valence-electron chi connectivity index (χ4n) is 3.63. The van der Waals surface area contributed by atoms with E-state index in [1.165, 1.54) is 0 Å². The number of likely N-dealkylation sites (tertiary alicyclic amines) is 1. The number of nitrogens with zero attached hydrogens (tertiary/aromatic N) is 2. The van der Waals surface area contributed by atoms with Crippen molar-refractivity contribution in [2.75, 3.05) is 25.4 Å². The van der Waals surface area contributed by atoms with Crippen molar-refractivity contribution < 1.29 is 9.59 Å². The predicted molar refractivity (Wildman–Crippen MR) is 103 cm³/mol. The topological polar surface area (TPSA) is 40.6 Å². The van der Waals surface area contributed by atoms with Crippen LogP contribution in [0.5, 0.6) is 0 Å². The van der Waals surface area contributed by atoms with E-state index in [1.54, 1.807) is 6.08 Å². The number of hydrogen-bond acceptors (Lipinski definition) is 3. The van der Waals surface area contributed by atoms with Crippen LogP contribution in [0.1, 0.15) is 38.2 Å². The smallest absolute Gasteiger partial charge is 0.247 e. The minimum atomic E-state index is -0.124. The molecule has 1 aromatic rings. The van der Waals surface area contributed by atoms with Gasteiger partial charge in [0.25, 0.3) is 0 Å². The Labute approximate surface area is 154 Å². The Morgan fingerprint density at radius 1 is 1.16 bits per heavy atom. The highest BCUT2D eigenvalue weighted by molar-refractivity contribution is 8.00. The van der Waals surface area contributed by atoms with Crippen LogP contribution in [0.3, 0.4) is 0 Å². The Kier molecular flexibility index (Phi) is 5.84. The van der Waals surface area contributed by atoms with Gasteiger partial charge in [0.2, 0.25) is 11.8 Å². The van der Waals surface area contributed by atoms with Crippen molar-refractivity contribution in [1.82, 2.24) is 9.80 Å². The van der Waals surface area contributed by atoms with Crippen molar-refractivity contribution >= 4 is 29.7 Å². The number of thioether (sulfide) groups is 1. The van der Waals surface area contributed by atoms with Crippen LogP contribution in [0.2, 0.25) is 0 Å². The molecule has 3 rings (SSSR count). The van der Waals surface area contributed by atoms with Crippen LogP contribution >= 0.6 is 11.8 Å². The van der Waals surface area contributed by atoms with E-state index in [9.17, 15) is 9.59 Å². The molecule has 2 aliphatic rings. The second kappa shape index (κ2) is 8.09. The van der Waals surface area contributed by atoms with Crippen molar-refractivity contribution in [1.29, 1.82) is 0 Å². The van der Waals surface area contributed by atoms with Gasteiger partial charge >= 0.3 is 0 Å². The van der Waals surface area contributed by atoms with Crippen LogP contribution in [0.4, 0.5) is 0 Å². The molecule has 0 bridgehead atoms. The molecule has 0 aromatic heterocycles. The van der Waals surface area contributed by atoms with Crippen LogP contribution in [0, 0.1) is 0 Å². The third kappa shape index (κ3) is 4.09. The number of amides is 2. The Morgan fingerprint density at radius 2 is 1.88 bits per heavy atom. The van der Waals surface area contributed by atoms with Crippen molar-refractivity contribution in [3.63, 3.8) is 0 Å². The highest BCUT2D eigenvalue weighted by Crippen LogP contribution is 2.44. The molecule has 2 fully saturated rings. The van der Waals surface area contributed by atoms with Crippen LogP contribution in [-0.2, 0) is 9.59 Å². The zero-order valence-corrected chi connectivity index (χ0v) is 15.6. The number of piperidine rings is 1. The van der Waals surface area contributed by atoms with E-state index in [0.717, 1.165) is 50.2 Å². The van der Waals surface area contributed by atoms with Gasteiger partial charge in [0, 0.05) is 37.9 Å². The van der Waals surface area contributed by atoms with Gasteiger partial charge in [-0.15, -0.1) is 11.8 Å². The van der Waals surface area contributed by atoms with Crippen molar-refractivity contribution in [2.45, 2.75) is 37.5 Å². The van der Waals surface area contributed by atoms with Gasteiger partial charge in [-0.2, -0.15) is 0 Å². The summed E-state index contributed by atoms with van der Waals surface area (Å²) in [4.78, 5) is 28.7. The molecule has 134 valence electrons. The number of carbonyl (C=O) groups excluding carboxylic acids is 2. The minimum Gasteiger partial charge on any atom is -0.342 e. The van der Waals surface area contributed by atoms with E-state index in [4.69, 9.17) is 0 Å². The largest absolute Gasteiger partial charge is 0.342 e. The minimum absolute atomic E-state index is 0.0854. The second-order valence-corrected chi connectivity index (χ2v) is 8.12. The maximum Gasteiger partial charge on any atom is 0.247 e. The van der Waals surface area contributed by atoms with Crippen LogP contribution < -0.4 is 0 Å². The Balaban J connectivity index is 1.63. The summed E-state index contributed by atoms with van der Waals surface area (Å²) in [5.41, 5.74) is 1.04. The Hall–Kier alpha value is -1.75. The van der Waals surface area contributed by atoms with Crippen molar-refractivity contribution in [2.24, 2.45) is 0 Å². The molecular formula is C20H26N2O2S. The molecule has 4 nitrogen and oxygen atoms in total. The van der Waals surface area contributed by atoms with Gasteiger partial charge in [-0.25, -0.2) is 0 Å². The van der Waals surface area contributed by atoms with Crippen LogP contribution in [-0.4, -0.2) is 51.9 Å². The highest BCUT2D eigenvalue weighted by atomic mass is 32.2. The normalized spacial score (nSPS) is 19.7. The zero-order chi connectivity index (χ0) is 17.7. The van der Waals surface area contributed by atoms with Crippen LogP contribution in [0.25, 0.3) is 6.08 Å². The average molecular weight is 359 g/mol. The lowest BCUT2D eigenvalue weighted by atomic mass is 10.0. The summed E-state index contributed by atoms with van der Waals surface area (Å²) in [6.07, 6.45) is 6.85. The lowest BCUT2D eigenvalue weighted by molar-refractivity contribution is -0.134. The maximum atomic E-state index is 12.8. The molecule has 2 saturated heterocycles. The molecule has 25 heavy (non-hydrogen) atoms. The monoisotopic (exact) mass is 358 g/mol. The molecule has 1 spiro atoms. The highest BCUT2D eigenvalue weighted by Gasteiger charge is 2.46. The van der Waals surface area contributed by atoms with Gasteiger partial charge in [0.1, 0.15) is 0 Å². The first kappa shape index (κ1) is 18.1. The Bertz CT molecular complexity index is 636. The molecule has 0 aliphatic carbocycles. The summed E-state index contributed by atoms with van der Waals surface area (Å²) in [7, 11) is 0. The van der Waals surface area contributed by atoms with Crippen molar-refractivity contribution in [3.8, 4) is 0 Å². The first-order valence-corrected chi connectivity index (χ1v) is 10.1. The van der Waals surface area contributed by atoms with Gasteiger partial charge < -0.3 is 9.80 Å². The van der Waals surface area contributed by atoms with E-state index in [2.05, 4.69) is 0 Å². The molecule has 1 aromatic carbocycles. The first-order chi connectivity index (χ1) is 12.1. The van der Waals surface area contributed by atoms with Gasteiger partial charge in [-0.1, -0.05) is 37.3 Å². The van der Waals surface area contributed by atoms with E-state index >= 15 is 0 Å². The van der Waals surface area contributed by atoms with E-state index in [-0.39, 0.29) is 16.7 Å². The molecule has 0 saturated carbocycles. The van der Waals surface area contributed by atoms with E-state index < -0.39 is 0 Å². The lowest BCUT2D eigenvalue weighted by Gasteiger charge is -2.43. The number of benzene rings is 1. The number of hydrogen-bond donors (Lipinski definition) is 0. The molecule has 5 heteroatoms. The van der Waals surface area contributed by atoms with Crippen LogP contribution in [0.15, 0.2) is 36.4 Å². The van der Waals surface area contributed by atoms with Crippen molar-refractivity contribution in [3.05, 3.63) is 42.0 Å². The van der Waals surface area contributed by atoms with Gasteiger partial charge in [-0.05, 0) is 30.9 Å². The third-order valence-electron chi connectivity index (χ3n) is 5.02. The summed E-state index contributed by atoms with van der Waals surface area (Å²) in [5.74, 6) is 1.32. The summed E-state index contributed by atoms with van der Waals surface area (Å²) in [6.45, 7) is 4.36. The number of carbonyl (C=O) groups is 2. The third-order valence-corrected chi connectivity index (χ3v) is 6.58. The molecular weight excluding hydrogens is 332 g/mol. The van der Waals surface area contributed by atoms with E-state index in [1.807, 2.05) is 64.9 Å². The zero-order valence-electron chi connectivity index (χ0n) is 14.8. The van der Waals surface area contributed by atoms with Gasteiger partial charge in [0.15, 0.2) is 0 Å². The predicted octanol–water partition coefficient (Wildman–Crippen LogP) is 3.39. The Morgan fingerprint density at radius 3 is 2.56 bits per heavy atom. The fourth-order valence-corrected chi connectivity index (χ4v) is 5.10. The van der Waals surface area contributed by atoms with Gasteiger partial charge in [0.05, 0.1) is 4.87 Å². The molecule has 0 radical (unpaired) electrons. The number of rotatable bonds is 4. The summed E-state index contributed by atoms with van der Waals surface area (Å²) in [5, 5.41) is 0. The molecule has 0 unspecified atom stereocenters. The summed E-state index contributed by atoms with van der Waals surface area (Å²) < 4.78 is 0. The summed E-state index contributed by atoms with van der Waals surface area (Å²) in [6, 6.07) is 9.91. The molecule has 2 amide bonds. The lowest BCUT2D eigenvalue weighted by Crippen LogP contribution is -2.53. The fraction of sp³-hybridized carbons (Fsp3) is 0.500. The molecule has 0 N–H and O–H groups in total. The average Bonchev–Trinajstić information content (AvgIpc) is 3.04. The summed E-state index contributed by atoms with van der Waals surface area (Å²) >= 11 is 1.88. The second-order valence-electron chi connectivity index (χ2n) is 6.66. The maximum absolute atomic E-state index is 12.8.